The summed E-state index contributed by atoms with van der Waals surface area (Å²) in [6.07, 6.45) is 3.47. The first-order valence-electron chi connectivity index (χ1n) is 4.65. The van der Waals surface area contributed by atoms with Crippen LogP contribution in [0.25, 0.3) is 22.7 Å². The quantitative estimate of drug-likeness (QED) is 0.574. The Hall–Kier alpha value is -1.69. The molecule has 3 aromatic rings. The Bertz CT molecular complexity index is 571. The standard InChI is InChI=1S/C11H8N4.CH3.3O.Re/c1-2-6-12-8(4-1)11-14-9-5-3-7-13-10(9)15-11;;;;;/h1-7H,(H,13,14,15);1H3;;;;/q;-1;3*-2;. The Morgan fingerprint density at radius 2 is 1.55 bits per heavy atom. The van der Waals surface area contributed by atoms with Gasteiger partial charge in [-0.25, -0.2) is 9.97 Å². The molecule has 0 saturated carbocycles. The summed E-state index contributed by atoms with van der Waals surface area (Å²) in [4.78, 5) is 15.9. The summed E-state index contributed by atoms with van der Waals surface area (Å²) in [5.74, 6) is 0.754. The summed E-state index contributed by atoms with van der Waals surface area (Å²) in [7, 11) is 0. The average molecular weight is 445 g/mol. The van der Waals surface area contributed by atoms with Crippen LogP contribution >= 0.6 is 0 Å². The molecule has 0 fully saturated rings. The van der Waals surface area contributed by atoms with E-state index >= 15 is 0 Å². The second kappa shape index (κ2) is 10.1. The monoisotopic (exact) mass is 446 g/mol. The van der Waals surface area contributed by atoms with E-state index in [4.69, 9.17) is 0 Å². The number of nitrogens with one attached hydrogen (secondary N) is 1. The van der Waals surface area contributed by atoms with E-state index < -0.39 is 0 Å². The van der Waals surface area contributed by atoms with Crippen molar-refractivity contribution < 1.29 is 36.9 Å². The van der Waals surface area contributed by atoms with E-state index in [1.54, 1.807) is 12.4 Å². The maximum atomic E-state index is 4.35. The fourth-order valence-electron chi connectivity index (χ4n) is 1.47. The van der Waals surface area contributed by atoms with Crippen molar-refractivity contribution in [2.45, 2.75) is 0 Å². The summed E-state index contributed by atoms with van der Waals surface area (Å²) < 4.78 is 0. The Labute approximate surface area is 130 Å². The second-order valence-electron chi connectivity index (χ2n) is 3.17. The van der Waals surface area contributed by atoms with Crippen LogP contribution in [0.4, 0.5) is 0 Å². The number of hydrogen-bond acceptors (Lipinski definition) is 3. The predicted octanol–water partition coefficient (Wildman–Crippen LogP) is 2.11. The number of H-pyrrole nitrogens is 1. The van der Waals surface area contributed by atoms with Gasteiger partial charge in [-0.15, -0.1) is 0 Å². The van der Waals surface area contributed by atoms with Crippen LogP contribution in [0, 0.1) is 7.43 Å². The van der Waals surface area contributed by atoms with Crippen molar-refractivity contribution in [1.82, 2.24) is 19.9 Å². The van der Waals surface area contributed by atoms with Crippen molar-refractivity contribution >= 4 is 11.2 Å². The van der Waals surface area contributed by atoms with Gasteiger partial charge in [0.1, 0.15) is 5.69 Å². The minimum Gasteiger partial charge on any atom is -2.00 e. The molecule has 0 amide bonds. The molecule has 0 bridgehead atoms. The number of rotatable bonds is 1. The minimum absolute atomic E-state index is 0. The van der Waals surface area contributed by atoms with Crippen molar-refractivity contribution in [3.63, 3.8) is 0 Å². The molecule has 0 saturated heterocycles. The minimum atomic E-state index is 0. The van der Waals surface area contributed by atoms with E-state index in [0.29, 0.717) is 0 Å². The molecule has 3 heterocycles. The van der Waals surface area contributed by atoms with Gasteiger partial charge in [-0.05, 0) is 24.3 Å². The van der Waals surface area contributed by atoms with Crippen LogP contribution in [0.1, 0.15) is 0 Å². The first kappa shape index (κ1) is 23.4. The summed E-state index contributed by atoms with van der Waals surface area (Å²) in [5.41, 5.74) is 2.48. The zero-order valence-electron chi connectivity index (χ0n) is 10.5. The molecule has 3 rings (SSSR count). The number of fused-ring (bicyclic) bond motifs is 1. The maximum absolute atomic E-state index is 4.35. The van der Waals surface area contributed by atoms with Gasteiger partial charge in [0, 0.05) is 32.8 Å². The number of aromatic nitrogens is 4. The topological polar surface area (TPSA) is 140 Å². The summed E-state index contributed by atoms with van der Waals surface area (Å²) in [5, 5.41) is 0. The van der Waals surface area contributed by atoms with Crippen molar-refractivity contribution in [2.24, 2.45) is 0 Å². The van der Waals surface area contributed by atoms with E-state index in [-0.39, 0.29) is 44.3 Å². The van der Waals surface area contributed by atoms with Gasteiger partial charge in [-0.2, -0.15) is 0 Å². The Morgan fingerprint density at radius 1 is 0.850 bits per heavy atom. The Balaban J connectivity index is -0.000000578. The zero-order valence-corrected chi connectivity index (χ0v) is 13.2. The van der Waals surface area contributed by atoms with E-state index in [0.717, 1.165) is 22.7 Å². The summed E-state index contributed by atoms with van der Waals surface area (Å²) in [6, 6.07) is 9.55. The van der Waals surface area contributed by atoms with Gasteiger partial charge in [0.15, 0.2) is 11.5 Å². The average Bonchev–Trinajstić information content (AvgIpc) is 2.74. The molecule has 7 nitrogen and oxygen atoms in total. The maximum Gasteiger partial charge on any atom is 0.178 e. The van der Waals surface area contributed by atoms with E-state index in [1.807, 2.05) is 30.3 Å². The van der Waals surface area contributed by atoms with E-state index in [2.05, 4.69) is 19.9 Å². The number of pyridine rings is 2. The number of nitrogens with zero attached hydrogens (tertiary/aromatic N) is 3. The smallest absolute Gasteiger partial charge is 0.178 e. The fourth-order valence-corrected chi connectivity index (χ4v) is 1.47. The molecular formula is C12H11N4O3Re-7. The Morgan fingerprint density at radius 3 is 2.15 bits per heavy atom. The van der Waals surface area contributed by atoms with Crippen LogP contribution in [-0.4, -0.2) is 19.9 Å². The third kappa shape index (κ3) is 4.45. The van der Waals surface area contributed by atoms with Crippen LogP contribution in [0.2, 0.25) is 0 Å². The molecule has 1 radical (unpaired) electrons. The third-order valence-electron chi connectivity index (χ3n) is 2.16. The molecule has 0 atom stereocenters. The molecule has 0 aliphatic heterocycles. The predicted molar refractivity (Wildman–Crippen MR) is 65.6 cm³/mol. The largest absolute Gasteiger partial charge is 2.00 e. The zero-order chi connectivity index (χ0) is 10.1. The first-order valence-corrected chi connectivity index (χ1v) is 4.65. The van der Waals surface area contributed by atoms with Crippen molar-refractivity contribution in [3.05, 3.63) is 50.2 Å². The molecule has 0 aliphatic carbocycles. The van der Waals surface area contributed by atoms with Gasteiger partial charge in [0.05, 0.1) is 5.52 Å². The van der Waals surface area contributed by atoms with Crippen LogP contribution in [-0.2, 0) is 36.9 Å². The normalized spacial score (nSPS) is 8.00. The van der Waals surface area contributed by atoms with E-state index in [9.17, 15) is 0 Å². The first-order chi connectivity index (χ1) is 7.43. The van der Waals surface area contributed by atoms with Gasteiger partial charge in [0.25, 0.3) is 0 Å². The van der Waals surface area contributed by atoms with Gasteiger partial charge in [-0.3, -0.25) is 4.98 Å². The van der Waals surface area contributed by atoms with Gasteiger partial charge in [0.2, 0.25) is 0 Å². The van der Waals surface area contributed by atoms with Crippen molar-refractivity contribution in [3.8, 4) is 11.5 Å². The molecule has 8 heteroatoms. The number of imidazole rings is 1. The molecule has 111 valence electrons. The number of aromatic amines is 1. The summed E-state index contributed by atoms with van der Waals surface area (Å²) in [6.45, 7) is 0. The molecule has 0 aromatic carbocycles. The molecular weight excluding hydrogens is 434 g/mol. The molecule has 0 spiro atoms. The van der Waals surface area contributed by atoms with Crippen molar-refractivity contribution in [2.75, 3.05) is 0 Å². The van der Waals surface area contributed by atoms with Crippen molar-refractivity contribution in [1.29, 1.82) is 0 Å². The fraction of sp³-hybridized carbons (Fsp3) is 0. The summed E-state index contributed by atoms with van der Waals surface area (Å²) >= 11 is 0. The van der Waals surface area contributed by atoms with Crippen LogP contribution in [0.15, 0.2) is 42.7 Å². The molecule has 0 aliphatic rings. The third-order valence-corrected chi connectivity index (χ3v) is 2.16. The molecule has 1 N–H and O–H groups in total. The van der Waals surface area contributed by atoms with Crippen LogP contribution in [0.3, 0.4) is 0 Å². The Kier molecular flexibility index (Phi) is 11.9. The SMILES string of the molecule is [CH3-].[O-2].[O-2].[O-2].[Re].c1ccc(-c2nc3ncccc3[nH]2)nc1. The van der Waals surface area contributed by atoms with Gasteiger partial charge in [-0.1, -0.05) is 6.07 Å². The molecule has 0 unspecified atom stereocenters. The second-order valence-corrected chi connectivity index (χ2v) is 3.17. The molecule has 20 heavy (non-hydrogen) atoms. The number of hydrogen-bond donors (Lipinski definition) is 1. The van der Waals surface area contributed by atoms with Crippen LogP contribution in [0.5, 0.6) is 0 Å². The van der Waals surface area contributed by atoms with Gasteiger partial charge >= 0.3 is 0 Å². The van der Waals surface area contributed by atoms with E-state index in [1.165, 1.54) is 0 Å². The molecule has 3 aromatic heterocycles. The van der Waals surface area contributed by atoms with Crippen LogP contribution < -0.4 is 0 Å². The van der Waals surface area contributed by atoms with Gasteiger partial charge < -0.3 is 28.8 Å².